The summed E-state index contributed by atoms with van der Waals surface area (Å²) < 4.78 is 39.8. The summed E-state index contributed by atoms with van der Waals surface area (Å²) in [4.78, 5) is 0.0481. The van der Waals surface area contributed by atoms with E-state index in [1.54, 1.807) is 26.0 Å². The predicted molar refractivity (Wildman–Crippen MR) is 68.5 cm³/mol. The lowest BCUT2D eigenvalue weighted by Gasteiger charge is -2.14. The molecule has 2 N–H and O–H groups in total. The number of rotatable bonds is 4. The first kappa shape index (κ1) is 13.7. The second-order valence-corrected chi connectivity index (χ2v) is 6.00. The van der Waals surface area contributed by atoms with Gasteiger partial charge in [0.2, 0.25) is 10.0 Å². The molecular weight excluding hydrogens is 269 g/mol. The SMILES string of the molecule is Cc1ccc(C(C)NS(=O)(=O)c2cn[nH]c2)cc1F. The van der Waals surface area contributed by atoms with E-state index >= 15 is 0 Å². The quantitative estimate of drug-likeness (QED) is 0.900. The van der Waals surface area contributed by atoms with Crippen LogP contribution in [0.2, 0.25) is 0 Å². The minimum atomic E-state index is -3.65. The van der Waals surface area contributed by atoms with Crippen LogP contribution in [0.5, 0.6) is 0 Å². The van der Waals surface area contributed by atoms with Crippen LogP contribution in [-0.2, 0) is 10.0 Å². The minimum absolute atomic E-state index is 0.0481. The number of hydrogen-bond acceptors (Lipinski definition) is 3. The van der Waals surface area contributed by atoms with E-state index in [1.807, 2.05) is 0 Å². The van der Waals surface area contributed by atoms with E-state index in [4.69, 9.17) is 0 Å². The van der Waals surface area contributed by atoms with Gasteiger partial charge in [-0.05, 0) is 31.0 Å². The fourth-order valence-electron chi connectivity index (χ4n) is 1.63. The van der Waals surface area contributed by atoms with Crippen molar-refractivity contribution in [2.45, 2.75) is 24.8 Å². The van der Waals surface area contributed by atoms with Crippen molar-refractivity contribution >= 4 is 10.0 Å². The zero-order chi connectivity index (χ0) is 14.0. The number of aromatic amines is 1. The van der Waals surface area contributed by atoms with Crippen LogP contribution in [0.4, 0.5) is 4.39 Å². The van der Waals surface area contributed by atoms with Crippen LogP contribution >= 0.6 is 0 Å². The Labute approximate surface area is 110 Å². The maximum absolute atomic E-state index is 13.5. The molecule has 2 aromatic rings. The zero-order valence-electron chi connectivity index (χ0n) is 10.5. The summed E-state index contributed by atoms with van der Waals surface area (Å²) in [6, 6.07) is 4.11. The molecule has 2 rings (SSSR count). The van der Waals surface area contributed by atoms with E-state index in [0.717, 1.165) is 0 Å². The molecule has 0 spiro atoms. The molecule has 5 nitrogen and oxygen atoms in total. The molecule has 1 heterocycles. The van der Waals surface area contributed by atoms with Gasteiger partial charge in [-0.25, -0.2) is 17.5 Å². The molecule has 102 valence electrons. The van der Waals surface area contributed by atoms with Crippen molar-refractivity contribution in [1.29, 1.82) is 0 Å². The highest BCUT2D eigenvalue weighted by Gasteiger charge is 2.19. The summed E-state index contributed by atoms with van der Waals surface area (Å²) >= 11 is 0. The van der Waals surface area contributed by atoms with Crippen LogP contribution in [0.1, 0.15) is 24.1 Å². The summed E-state index contributed by atoms with van der Waals surface area (Å²) in [5, 5.41) is 6.03. The van der Waals surface area contributed by atoms with Crippen molar-refractivity contribution in [2.24, 2.45) is 0 Å². The molecule has 0 aliphatic rings. The Kier molecular flexibility index (Phi) is 3.68. The zero-order valence-corrected chi connectivity index (χ0v) is 11.3. The molecule has 1 aromatic carbocycles. The normalized spacial score (nSPS) is 13.4. The third-order valence-electron chi connectivity index (χ3n) is 2.81. The predicted octanol–water partition coefficient (Wildman–Crippen LogP) is 1.90. The Bertz CT molecular complexity index is 668. The highest BCUT2D eigenvalue weighted by molar-refractivity contribution is 7.89. The number of H-pyrrole nitrogens is 1. The highest BCUT2D eigenvalue weighted by Crippen LogP contribution is 2.18. The maximum atomic E-state index is 13.5. The van der Waals surface area contributed by atoms with Gasteiger partial charge in [0.15, 0.2) is 0 Å². The van der Waals surface area contributed by atoms with Crippen molar-refractivity contribution in [1.82, 2.24) is 14.9 Å². The van der Waals surface area contributed by atoms with Crippen molar-refractivity contribution < 1.29 is 12.8 Å². The number of aromatic nitrogens is 2. The van der Waals surface area contributed by atoms with Crippen molar-refractivity contribution in [3.63, 3.8) is 0 Å². The van der Waals surface area contributed by atoms with E-state index in [2.05, 4.69) is 14.9 Å². The highest BCUT2D eigenvalue weighted by atomic mass is 32.2. The van der Waals surface area contributed by atoms with Gasteiger partial charge < -0.3 is 0 Å². The Balaban J connectivity index is 2.21. The summed E-state index contributed by atoms with van der Waals surface area (Å²) in [6.07, 6.45) is 2.50. The standard InChI is InChI=1S/C12H14FN3O2S/c1-8-3-4-10(5-12(8)13)9(2)16-19(17,18)11-6-14-15-7-11/h3-7,9,16H,1-2H3,(H,14,15). The number of hydrogen-bond donors (Lipinski definition) is 2. The molecule has 1 aromatic heterocycles. The Morgan fingerprint density at radius 1 is 1.42 bits per heavy atom. The van der Waals surface area contributed by atoms with E-state index in [-0.39, 0.29) is 10.7 Å². The van der Waals surface area contributed by atoms with Crippen molar-refractivity contribution in [3.05, 3.63) is 47.5 Å². The first-order valence-electron chi connectivity index (χ1n) is 5.67. The Morgan fingerprint density at radius 2 is 2.16 bits per heavy atom. The van der Waals surface area contributed by atoms with Gasteiger partial charge in [-0.1, -0.05) is 12.1 Å². The van der Waals surface area contributed by atoms with Gasteiger partial charge >= 0.3 is 0 Å². The first-order valence-corrected chi connectivity index (χ1v) is 7.15. The minimum Gasteiger partial charge on any atom is -0.284 e. The van der Waals surface area contributed by atoms with E-state index in [1.165, 1.54) is 18.5 Å². The number of halogens is 1. The van der Waals surface area contributed by atoms with Crippen molar-refractivity contribution in [2.75, 3.05) is 0 Å². The summed E-state index contributed by atoms with van der Waals surface area (Å²) in [7, 11) is -3.65. The summed E-state index contributed by atoms with van der Waals surface area (Å²) in [5.41, 5.74) is 1.09. The number of sulfonamides is 1. The molecule has 7 heteroatoms. The van der Waals surface area contributed by atoms with Crippen LogP contribution in [0, 0.1) is 12.7 Å². The topological polar surface area (TPSA) is 74.8 Å². The average molecular weight is 283 g/mol. The first-order chi connectivity index (χ1) is 8.90. The van der Waals surface area contributed by atoms with E-state index in [0.29, 0.717) is 11.1 Å². The number of aryl methyl sites for hydroxylation is 1. The second-order valence-electron chi connectivity index (χ2n) is 4.29. The van der Waals surface area contributed by atoms with Crippen molar-refractivity contribution in [3.8, 4) is 0 Å². The fourth-order valence-corrected chi connectivity index (χ4v) is 2.77. The fraction of sp³-hybridized carbons (Fsp3) is 0.250. The van der Waals surface area contributed by atoms with Gasteiger partial charge in [0, 0.05) is 12.2 Å². The van der Waals surface area contributed by atoms with Gasteiger partial charge in [0.05, 0.1) is 6.20 Å². The molecule has 0 amide bonds. The van der Waals surface area contributed by atoms with Gasteiger partial charge in [-0.2, -0.15) is 5.10 Å². The summed E-state index contributed by atoms with van der Waals surface area (Å²) in [5.74, 6) is -0.355. The number of benzene rings is 1. The Morgan fingerprint density at radius 3 is 2.74 bits per heavy atom. The number of nitrogens with zero attached hydrogens (tertiary/aromatic N) is 1. The largest absolute Gasteiger partial charge is 0.284 e. The lowest BCUT2D eigenvalue weighted by molar-refractivity contribution is 0.564. The lowest BCUT2D eigenvalue weighted by Crippen LogP contribution is -2.26. The second kappa shape index (κ2) is 5.10. The third-order valence-corrected chi connectivity index (χ3v) is 4.32. The molecule has 0 aliphatic heterocycles. The van der Waals surface area contributed by atoms with Gasteiger partial charge in [-0.3, -0.25) is 5.10 Å². The van der Waals surface area contributed by atoms with Crippen LogP contribution < -0.4 is 4.72 Å². The van der Waals surface area contributed by atoms with Crippen LogP contribution in [0.3, 0.4) is 0 Å². The molecule has 0 radical (unpaired) electrons. The monoisotopic (exact) mass is 283 g/mol. The average Bonchev–Trinajstić information content (AvgIpc) is 2.86. The smallest absolute Gasteiger partial charge is 0.244 e. The molecular formula is C12H14FN3O2S. The summed E-state index contributed by atoms with van der Waals surface area (Å²) in [6.45, 7) is 3.31. The number of nitrogens with one attached hydrogen (secondary N) is 2. The van der Waals surface area contributed by atoms with Gasteiger partial charge in [-0.15, -0.1) is 0 Å². The van der Waals surface area contributed by atoms with E-state index < -0.39 is 16.1 Å². The molecule has 0 saturated carbocycles. The Hall–Kier alpha value is -1.73. The third kappa shape index (κ3) is 2.99. The van der Waals surface area contributed by atoms with Gasteiger partial charge in [0.25, 0.3) is 0 Å². The molecule has 0 aliphatic carbocycles. The van der Waals surface area contributed by atoms with Crippen LogP contribution in [0.25, 0.3) is 0 Å². The molecule has 1 atom stereocenters. The maximum Gasteiger partial charge on any atom is 0.244 e. The molecule has 0 fully saturated rings. The molecule has 0 bridgehead atoms. The lowest BCUT2D eigenvalue weighted by atomic mass is 10.1. The molecule has 1 unspecified atom stereocenters. The van der Waals surface area contributed by atoms with Gasteiger partial charge in [0.1, 0.15) is 10.7 Å². The molecule has 0 saturated heterocycles. The van der Waals surface area contributed by atoms with Crippen LogP contribution in [-0.4, -0.2) is 18.6 Å². The van der Waals surface area contributed by atoms with Crippen LogP contribution in [0.15, 0.2) is 35.5 Å². The van der Waals surface area contributed by atoms with E-state index in [9.17, 15) is 12.8 Å². The molecule has 19 heavy (non-hydrogen) atoms.